The molecule has 0 unspecified atom stereocenters. The van der Waals surface area contributed by atoms with Crippen molar-refractivity contribution in [2.75, 3.05) is 27.2 Å². The van der Waals surface area contributed by atoms with E-state index >= 15 is 0 Å². The molecule has 0 fully saturated rings. The van der Waals surface area contributed by atoms with Crippen LogP contribution in [-0.2, 0) is 6.42 Å². The van der Waals surface area contributed by atoms with Crippen molar-refractivity contribution in [1.82, 2.24) is 4.90 Å². The quantitative estimate of drug-likeness (QED) is 0.774. The molecule has 0 atom stereocenters. The van der Waals surface area contributed by atoms with Crippen LogP contribution in [0.3, 0.4) is 0 Å². The first-order valence-corrected chi connectivity index (χ1v) is 6.28. The Morgan fingerprint density at radius 2 is 1.94 bits per heavy atom. The Kier molecular flexibility index (Phi) is 5.67. The summed E-state index contributed by atoms with van der Waals surface area (Å²) < 4.78 is 5.31. The van der Waals surface area contributed by atoms with Crippen LogP contribution in [0.2, 0.25) is 0 Å². The molecule has 3 heteroatoms. The number of nitriles is 1. The number of hydrogen-bond acceptors (Lipinski definition) is 3. The van der Waals surface area contributed by atoms with Crippen molar-refractivity contribution in [3.63, 3.8) is 0 Å². The van der Waals surface area contributed by atoms with Gasteiger partial charge in [-0.1, -0.05) is 6.07 Å². The molecule has 0 aromatic heterocycles. The molecule has 0 aliphatic rings. The van der Waals surface area contributed by atoms with Gasteiger partial charge in [-0.15, -0.1) is 0 Å². The Hall–Kier alpha value is -1.53. The van der Waals surface area contributed by atoms with E-state index in [9.17, 15) is 0 Å². The molecule has 98 valence electrons. The molecule has 3 nitrogen and oxygen atoms in total. The van der Waals surface area contributed by atoms with Gasteiger partial charge in [-0.3, -0.25) is 0 Å². The van der Waals surface area contributed by atoms with Crippen LogP contribution in [0.25, 0.3) is 0 Å². The fraction of sp³-hybridized carbons (Fsp3) is 0.533. The molecule has 0 saturated carbocycles. The number of likely N-dealkylation sites (N-methyl/N-ethyl adjacent to an activating group) is 1. The molecule has 0 aliphatic heterocycles. The van der Waals surface area contributed by atoms with Gasteiger partial charge >= 0.3 is 0 Å². The predicted octanol–water partition coefficient (Wildman–Crippen LogP) is 2.70. The zero-order valence-corrected chi connectivity index (χ0v) is 11.8. The van der Waals surface area contributed by atoms with E-state index in [1.165, 1.54) is 16.7 Å². The molecule has 1 rings (SSSR count). The third-order valence-electron chi connectivity index (χ3n) is 3.44. The van der Waals surface area contributed by atoms with Crippen molar-refractivity contribution >= 4 is 0 Å². The molecule has 0 spiro atoms. The van der Waals surface area contributed by atoms with E-state index in [1.807, 2.05) is 6.07 Å². The average Bonchev–Trinajstić information content (AvgIpc) is 2.38. The second-order valence-electron chi connectivity index (χ2n) is 4.64. The van der Waals surface area contributed by atoms with E-state index in [-0.39, 0.29) is 0 Å². The third kappa shape index (κ3) is 3.75. The molecule has 1 aromatic carbocycles. The second kappa shape index (κ2) is 7.03. The average molecular weight is 246 g/mol. The molecule has 0 radical (unpaired) electrons. The minimum atomic E-state index is 0.594. The summed E-state index contributed by atoms with van der Waals surface area (Å²) in [7, 11) is 3.76. The maximum absolute atomic E-state index is 8.55. The van der Waals surface area contributed by atoms with Gasteiger partial charge in [0.1, 0.15) is 5.75 Å². The lowest BCUT2D eigenvalue weighted by atomic mass is 10.00. The topological polar surface area (TPSA) is 36.3 Å². The molecule has 0 aliphatic carbocycles. The van der Waals surface area contributed by atoms with Crippen LogP contribution in [0.15, 0.2) is 12.1 Å². The summed E-state index contributed by atoms with van der Waals surface area (Å²) in [5.74, 6) is 0.953. The highest BCUT2D eigenvalue weighted by Gasteiger charge is 2.07. The molecular weight excluding hydrogens is 224 g/mol. The van der Waals surface area contributed by atoms with E-state index in [2.05, 4.69) is 37.9 Å². The number of hydrogen-bond donors (Lipinski definition) is 0. The minimum absolute atomic E-state index is 0.594. The Bertz CT molecular complexity index is 435. The highest BCUT2D eigenvalue weighted by Crippen LogP contribution is 2.24. The number of benzene rings is 1. The molecule has 0 amide bonds. The number of methoxy groups -OCH3 is 1. The summed E-state index contributed by atoms with van der Waals surface area (Å²) in [5.41, 5.74) is 3.88. The van der Waals surface area contributed by atoms with Crippen LogP contribution >= 0.6 is 0 Å². The molecule has 0 saturated heterocycles. The molecule has 1 aromatic rings. The van der Waals surface area contributed by atoms with E-state index < -0.39 is 0 Å². The fourth-order valence-corrected chi connectivity index (χ4v) is 2.01. The molecule has 0 heterocycles. The van der Waals surface area contributed by atoms with Crippen LogP contribution in [-0.4, -0.2) is 32.1 Å². The summed E-state index contributed by atoms with van der Waals surface area (Å²) >= 11 is 0. The fourth-order valence-electron chi connectivity index (χ4n) is 2.01. The smallest absolute Gasteiger partial charge is 0.122 e. The van der Waals surface area contributed by atoms with E-state index in [4.69, 9.17) is 10.00 Å². The van der Waals surface area contributed by atoms with Gasteiger partial charge in [-0.05, 0) is 50.1 Å². The van der Waals surface area contributed by atoms with Crippen LogP contribution in [0, 0.1) is 25.2 Å². The lowest BCUT2D eigenvalue weighted by Crippen LogP contribution is -2.22. The van der Waals surface area contributed by atoms with Gasteiger partial charge in [0.05, 0.1) is 13.2 Å². The molecule has 0 N–H and O–H groups in total. The van der Waals surface area contributed by atoms with Gasteiger partial charge < -0.3 is 9.64 Å². The maximum atomic E-state index is 8.55. The highest BCUT2D eigenvalue weighted by atomic mass is 16.5. The van der Waals surface area contributed by atoms with Gasteiger partial charge in [0.25, 0.3) is 0 Å². The lowest BCUT2D eigenvalue weighted by Gasteiger charge is -2.17. The van der Waals surface area contributed by atoms with Crippen molar-refractivity contribution in [1.29, 1.82) is 5.26 Å². The van der Waals surface area contributed by atoms with Crippen LogP contribution in [0.1, 0.15) is 23.1 Å². The Morgan fingerprint density at radius 3 is 2.56 bits per heavy atom. The van der Waals surface area contributed by atoms with Gasteiger partial charge in [-0.2, -0.15) is 5.26 Å². The second-order valence-corrected chi connectivity index (χ2v) is 4.64. The van der Waals surface area contributed by atoms with Gasteiger partial charge in [-0.25, -0.2) is 0 Å². The van der Waals surface area contributed by atoms with E-state index in [1.54, 1.807) is 7.11 Å². The van der Waals surface area contributed by atoms with Crippen molar-refractivity contribution in [2.45, 2.75) is 26.7 Å². The Labute approximate surface area is 110 Å². The zero-order valence-electron chi connectivity index (χ0n) is 11.8. The summed E-state index contributed by atoms with van der Waals surface area (Å²) in [6.07, 6.45) is 1.61. The minimum Gasteiger partial charge on any atom is -0.496 e. The number of nitrogens with zero attached hydrogens (tertiary/aromatic N) is 2. The van der Waals surface area contributed by atoms with Crippen LogP contribution in [0.4, 0.5) is 0 Å². The Balaban J connectivity index is 2.63. The summed E-state index contributed by atoms with van der Waals surface area (Å²) in [4.78, 5) is 2.20. The molecule has 0 bridgehead atoms. The Morgan fingerprint density at radius 1 is 1.22 bits per heavy atom. The van der Waals surface area contributed by atoms with Crippen LogP contribution < -0.4 is 4.74 Å². The standard InChI is InChI=1S/C15H22N2O/c1-12-13(2)15(18-4)7-6-14(12)8-11-17(3)10-5-9-16/h6-7H,5,8,10-11H2,1-4H3. The van der Waals surface area contributed by atoms with Gasteiger partial charge in [0.2, 0.25) is 0 Å². The predicted molar refractivity (Wildman–Crippen MR) is 73.9 cm³/mol. The largest absolute Gasteiger partial charge is 0.496 e. The van der Waals surface area contributed by atoms with Gasteiger partial charge in [0, 0.05) is 19.5 Å². The highest BCUT2D eigenvalue weighted by molar-refractivity contribution is 5.43. The van der Waals surface area contributed by atoms with Crippen molar-refractivity contribution in [3.05, 3.63) is 28.8 Å². The first-order valence-electron chi connectivity index (χ1n) is 6.28. The molecular formula is C15H22N2O. The van der Waals surface area contributed by atoms with Crippen LogP contribution in [0.5, 0.6) is 5.75 Å². The maximum Gasteiger partial charge on any atom is 0.122 e. The lowest BCUT2D eigenvalue weighted by molar-refractivity contribution is 0.346. The van der Waals surface area contributed by atoms with Crippen molar-refractivity contribution in [3.8, 4) is 11.8 Å². The SMILES string of the molecule is COc1ccc(CCN(C)CCC#N)c(C)c1C. The summed E-state index contributed by atoms with van der Waals surface area (Å²) in [6.45, 7) is 6.05. The zero-order chi connectivity index (χ0) is 13.5. The normalized spacial score (nSPS) is 10.4. The number of rotatable bonds is 6. The molecule has 18 heavy (non-hydrogen) atoms. The summed E-state index contributed by atoms with van der Waals surface area (Å²) in [5, 5.41) is 8.55. The van der Waals surface area contributed by atoms with Gasteiger partial charge in [0.15, 0.2) is 0 Å². The van der Waals surface area contributed by atoms with Crippen molar-refractivity contribution < 1.29 is 4.74 Å². The van der Waals surface area contributed by atoms with E-state index in [0.29, 0.717) is 6.42 Å². The first kappa shape index (κ1) is 14.5. The number of ether oxygens (including phenoxy) is 1. The van der Waals surface area contributed by atoms with Crippen molar-refractivity contribution in [2.24, 2.45) is 0 Å². The first-order chi connectivity index (χ1) is 8.60. The monoisotopic (exact) mass is 246 g/mol. The summed E-state index contributed by atoms with van der Waals surface area (Å²) in [6, 6.07) is 6.35. The van der Waals surface area contributed by atoms with E-state index in [0.717, 1.165) is 25.3 Å². The third-order valence-corrected chi connectivity index (χ3v) is 3.44.